The van der Waals surface area contributed by atoms with Gasteiger partial charge in [-0.2, -0.15) is 5.10 Å². The average Bonchev–Trinajstić information content (AvgIpc) is 1.97. The van der Waals surface area contributed by atoms with E-state index in [1.165, 1.54) is 46.8 Å². The number of ether oxygens (including phenoxy) is 1. The summed E-state index contributed by atoms with van der Waals surface area (Å²) in [7, 11) is 1.74. The summed E-state index contributed by atoms with van der Waals surface area (Å²) >= 11 is 3.00. The number of benzene rings is 2. The van der Waals surface area contributed by atoms with Crippen LogP contribution in [0.5, 0.6) is 5.75 Å². The van der Waals surface area contributed by atoms with Crippen LogP contribution in [0.25, 0.3) is 31.8 Å². The van der Waals surface area contributed by atoms with E-state index in [4.69, 9.17) is 19.8 Å². The molecule has 1 saturated heterocycles. The summed E-state index contributed by atoms with van der Waals surface area (Å²) in [5, 5.41) is 44.9. The average molecular weight is 1240 g/mol. The molecule has 0 spiro atoms. The third-order valence-corrected chi connectivity index (χ3v) is 18.9. The molecule has 0 unspecified atom stereocenters. The zero-order valence-electron chi connectivity index (χ0n) is 51.0. The highest BCUT2D eigenvalue weighted by Crippen LogP contribution is 2.41. The number of pyridine rings is 1. The van der Waals surface area contributed by atoms with Crippen molar-refractivity contribution >= 4 is 85.1 Å². The van der Waals surface area contributed by atoms with E-state index in [1.807, 2.05) is 74.0 Å². The van der Waals surface area contributed by atoms with Gasteiger partial charge in [-0.1, -0.05) is 75.6 Å². The van der Waals surface area contributed by atoms with E-state index in [2.05, 4.69) is 31.1 Å². The molecule has 21 nitrogen and oxygen atoms in total. The van der Waals surface area contributed by atoms with Crippen LogP contribution >= 0.6 is 22.7 Å². The number of halogens is 1. The Hall–Kier alpha value is -7.96. The number of aryl methyl sites for hydroxylation is 2. The molecule has 2 aliphatic carbocycles. The highest BCUT2D eigenvalue weighted by molar-refractivity contribution is 7.22. The van der Waals surface area contributed by atoms with Gasteiger partial charge in [-0.3, -0.25) is 23.9 Å². The van der Waals surface area contributed by atoms with Crippen LogP contribution in [0, 0.1) is 32.1 Å². The predicted molar refractivity (Wildman–Crippen MR) is 337 cm³/mol. The third kappa shape index (κ3) is 14.8. The summed E-state index contributed by atoms with van der Waals surface area (Å²) in [6.07, 6.45) is 8.99. The molecule has 2 saturated carbocycles. The highest BCUT2D eigenvalue weighted by Gasteiger charge is 2.53. The van der Waals surface area contributed by atoms with Crippen molar-refractivity contribution in [3.05, 3.63) is 101 Å². The second kappa shape index (κ2) is 27.2. The van der Waals surface area contributed by atoms with E-state index in [0.29, 0.717) is 76.8 Å². The van der Waals surface area contributed by atoms with Crippen molar-refractivity contribution in [3.63, 3.8) is 0 Å². The molecule has 3 aliphatic rings. The minimum atomic E-state index is -2.00. The van der Waals surface area contributed by atoms with Gasteiger partial charge in [0.25, 0.3) is 5.91 Å². The van der Waals surface area contributed by atoms with Gasteiger partial charge in [0.2, 0.25) is 17.7 Å². The lowest BCUT2D eigenvalue weighted by atomic mass is 9.85. The molecule has 0 radical (unpaired) electrons. The predicted octanol–water partition coefficient (Wildman–Crippen LogP) is 10.3. The molecule has 466 valence electrons. The molecule has 0 bridgehead atoms. The van der Waals surface area contributed by atoms with Crippen LogP contribution in [0.15, 0.2) is 72.4 Å². The molecule has 3 atom stereocenters. The summed E-state index contributed by atoms with van der Waals surface area (Å²) in [4.78, 5) is 87.3. The number of thiazole rings is 2. The first-order chi connectivity index (χ1) is 42.1. The SMILES string of the molecule is Cc1cc(N(CCN(C)C(=O)CCCCCOc2cc(-c3scnc3C)ccc2CNC(=O)[C@@H]2C[C@@H](O)CN2C(=O)[C@@H](NC(=O)C2(F)CC2)C(C)(C)C)c2ccc(-c3cnn(CC4CCCCC4)c3C)c(C(=O)O)n2)nnc1Nc1nc2ccccc2s1. The van der Waals surface area contributed by atoms with E-state index in [0.717, 1.165) is 57.0 Å². The zero-order valence-corrected chi connectivity index (χ0v) is 52.6. The number of nitrogens with one attached hydrogen (secondary N) is 3. The number of rotatable bonds is 25. The Morgan fingerprint density at radius 3 is 2.42 bits per heavy atom. The molecule has 7 aromatic rings. The Balaban J connectivity index is 0.779. The van der Waals surface area contributed by atoms with Gasteiger partial charge in [0.15, 0.2) is 28.1 Å². The van der Waals surface area contributed by atoms with E-state index >= 15 is 0 Å². The highest BCUT2D eigenvalue weighted by atomic mass is 32.1. The number of β-amino-alcohol motifs (C(OH)–C–C–N with tert-alkyl or cyclic N) is 1. The Labute approximate surface area is 519 Å². The lowest BCUT2D eigenvalue weighted by molar-refractivity contribution is -0.145. The molecular formula is C64H78FN13O8S2. The maximum atomic E-state index is 14.8. The van der Waals surface area contributed by atoms with Gasteiger partial charge in [-0.15, -0.1) is 21.5 Å². The maximum absolute atomic E-state index is 14.8. The first kappa shape index (κ1) is 63.1. The fourth-order valence-electron chi connectivity index (χ4n) is 11.5. The summed E-state index contributed by atoms with van der Waals surface area (Å²) < 4.78 is 24.2. The van der Waals surface area contributed by atoms with Crippen molar-refractivity contribution < 1.29 is 43.3 Å². The Kier molecular flexibility index (Phi) is 19.5. The summed E-state index contributed by atoms with van der Waals surface area (Å²) in [5.74, 6) is -0.883. The number of carboxylic acids is 1. The number of aromatic carboxylic acids is 1. The van der Waals surface area contributed by atoms with Crippen molar-refractivity contribution in [3.8, 4) is 27.3 Å². The number of unbranched alkanes of at least 4 members (excludes halogenated alkanes) is 2. The van der Waals surface area contributed by atoms with Crippen molar-refractivity contribution in [1.82, 2.24) is 55.4 Å². The Morgan fingerprint density at radius 1 is 0.920 bits per heavy atom. The second-order valence-corrected chi connectivity index (χ2v) is 26.5. The standard InChI is InChI=1S/C64H78FN13O8S2/c1-38-30-52(73-74-57(38)72-62-69-47-18-13-14-19-50(47)88-62)76(51-24-23-45(54(70-51)60(83)84)46-34-68-78(40(46)3)35-41-16-10-8-11-17-41)28-27-75(7)53(80)20-12-9-15-29-86-49-31-42(55-39(2)67-37-87-55)21-22-43(49)33-66-58(81)48-32-44(79)36-77(48)59(82)56(63(4,5)6)71-61(85)64(65)25-26-64/h13-14,18-19,21-24,30-31,34,37,41,44,48,56,79H,8-12,15-17,20,25-29,32-33,35-36H2,1-7H3,(H,66,81)(H,71,85)(H,83,84)(H,69,72,74)/t44-,48+,56-/m1/s1. The van der Waals surface area contributed by atoms with E-state index < -0.39 is 53.0 Å². The van der Waals surface area contributed by atoms with Crippen LogP contribution in [-0.4, -0.2) is 142 Å². The minimum Gasteiger partial charge on any atom is -0.493 e. The molecule has 2 aromatic carbocycles. The number of carboxylic acid groups (broad SMARTS) is 1. The fourth-order valence-corrected chi connectivity index (χ4v) is 13.1. The van der Waals surface area contributed by atoms with E-state index in [-0.39, 0.29) is 63.5 Å². The first-order valence-electron chi connectivity index (χ1n) is 30.3. The molecule has 88 heavy (non-hydrogen) atoms. The molecule has 6 heterocycles. The second-order valence-electron chi connectivity index (χ2n) is 24.6. The number of aromatic nitrogens is 7. The fraction of sp³-hybridized carbons (Fsp3) is 0.484. The van der Waals surface area contributed by atoms with E-state index in [1.54, 1.807) is 61.5 Å². The van der Waals surface area contributed by atoms with Crippen molar-refractivity contribution in [2.45, 2.75) is 156 Å². The molecule has 5 aromatic heterocycles. The molecule has 5 N–H and O–H groups in total. The van der Waals surface area contributed by atoms with Crippen LogP contribution in [0.2, 0.25) is 0 Å². The van der Waals surface area contributed by atoms with Gasteiger partial charge in [0, 0.05) is 75.0 Å². The lowest BCUT2D eigenvalue weighted by Crippen LogP contribution is -2.59. The number of nitrogens with zero attached hydrogens (tertiary/aromatic N) is 10. The number of alkyl halides is 1. The number of likely N-dealkylation sites (tertiary alicyclic amines) is 1. The number of anilines is 4. The first-order valence-corrected chi connectivity index (χ1v) is 32.0. The third-order valence-electron chi connectivity index (χ3n) is 16.9. The number of para-hydroxylation sites is 1. The summed E-state index contributed by atoms with van der Waals surface area (Å²) in [6.45, 7) is 12.5. The molecular weight excluding hydrogens is 1160 g/mol. The minimum absolute atomic E-state index is 0.00989. The number of amides is 4. The van der Waals surface area contributed by atoms with Gasteiger partial charge in [0.05, 0.1) is 45.2 Å². The molecule has 3 fully saturated rings. The molecule has 1 aliphatic heterocycles. The normalized spacial score (nSPS) is 16.9. The van der Waals surface area contributed by atoms with Crippen LogP contribution in [0.4, 0.5) is 27.0 Å². The van der Waals surface area contributed by atoms with Crippen molar-refractivity contribution in [1.29, 1.82) is 0 Å². The van der Waals surface area contributed by atoms with Crippen LogP contribution in [-0.2, 0) is 32.3 Å². The summed E-state index contributed by atoms with van der Waals surface area (Å²) in [6, 6.07) is 16.8. The van der Waals surface area contributed by atoms with Crippen molar-refractivity contribution in [2.24, 2.45) is 11.3 Å². The number of aliphatic hydroxyl groups is 1. The van der Waals surface area contributed by atoms with Crippen LogP contribution in [0.1, 0.15) is 131 Å². The maximum Gasteiger partial charge on any atom is 0.355 e. The lowest BCUT2D eigenvalue weighted by Gasteiger charge is -2.35. The van der Waals surface area contributed by atoms with Crippen LogP contribution in [0.3, 0.4) is 0 Å². The number of hydrogen-bond donors (Lipinski definition) is 5. The number of carbonyl (C=O) groups excluding carboxylic acids is 4. The Bertz CT molecular complexity index is 3650. The van der Waals surface area contributed by atoms with Gasteiger partial charge in [-0.25, -0.2) is 24.1 Å². The molecule has 24 heteroatoms. The molecule has 10 rings (SSSR count). The summed E-state index contributed by atoms with van der Waals surface area (Å²) in [5.41, 5.74) is 4.90. The smallest absolute Gasteiger partial charge is 0.355 e. The number of hydrogen-bond acceptors (Lipinski definition) is 17. The quantitative estimate of drug-likeness (QED) is 0.0333. The monoisotopic (exact) mass is 1240 g/mol. The number of aliphatic hydroxyl groups excluding tert-OH is 1. The zero-order chi connectivity index (χ0) is 62.4. The molecule has 4 amide bonds. The van der Waals surface area contributed by atoms with Gasteiger partial charge in [-0.05, 0) is 125 Å². The van der Waals surface area contributed by atoms with E-state index in [9.17, 15) is 38.6 Å². The number of likely N-dealkylation sites (N-methyl/N-ethyl adjacent to an activating group) is 1. The Morgan fingerprint density at radius 2 is 1.70 bits per heavy atom. The van der Waals surface area contributed by atoms with Crippen molar-refractivity contribution in [2.75, 3.05) is 43.5 Å². The van der Waals surface area contributed by atoms with Gasteiger partial charge in [0.1, 0.15) is 23.7 Å². The van der Waals surface area contributed by atoms with Gasteiger partial charge < -0.3 is 45.6 Å². The van der Waals surface area contributed by atoms with Gasteiger partial charge >= 0.3 is 5.97 Å². The van der Waals surface area contributed by atoms with Crippen LogP contribution < -0.4 is 25.6 Å². The topological polar surface area (TPSA) is 263 Å². The largest absolute Gasteiger partial charge is 0.493 e. The number of fused-ring (bicyclic) bond motifs is 1. The number of carbonyl (C=O) groups is 5.